The standard InChI is InChI=1S/C27H36N4O/c28-18-22-10-6-13-25(17-22)29-27(32)30-26-14-5-4-12-24(26)20-31-15-7-11-23(19-31)16-21-8-2-1-3-9-21/h1-3,6,8-10,13,17-18,23-24,26,28H,4-5,7,11-12,14-16,19-20H2,(H2,29,30,32)/t23-,24-,26+/m0/s1. The quantitative estimate of drug-likeness (QED) is 0.518. The van der Waals surface area contributed by atoms with E-state index in [4.69, 9.17) is 5.41 Å². The third kappa shape index (κ3) is 6.42. The molecule has 1 saturated carbocycles. The Hall–Kier alpha value is -2.66. The zero-order chi connectivity index (χ0) is 22.2. The number of anilines is 1. The van der Waals surface area contributed by atoms with Crippen LogP contribution in [-0.4, -0.2) is 42.8 Å². The lowest BCUT2D eigenvalue weighted by molar-refractivity contribution is 0.123. The van der Waals surface area contributed by atoms with Gasteiger partial charge < -0.3 is 20.9 Å². The minimum absolute atomic E-state index is 0.135. The second kappa shape index (κ2) is 11.3. The average Bonchev–Trinajstić information content (AvgIpc) is 2.81. The highest BCUT2D eigenvalue weighted by atomic mass is 16.2. The van der Waals surface area contributed by atoms with Gasteiger partial charge in [-0.25, -0.2) is 4.79 Å². The van der Waals surface area contributed by atoms with Crippen LogP contribution in [-0.2, 0) is 6.42 Å². The van der Waals surface area contributed by atoms with E-state index in [9.17, 15) is 4.79 Å². The Bertz CT molecular complexity index is 884. The number of urea groups is 1. The second-order valence-electron chi connectivity index (χ2n) is 9.48. The lowest BCUT2D eigenvalue weighted by Crippen LogP contribution is -2.49. The lowest BCUT2D eigenvalue weighted by atomic mass is 9.83. The zero-order valence-electron chi connectivity index (χ0n) is 18.9. The lowest BCUT2D eigenvalue weighted by Gasteiger charge is -2.39. The highest BCUT2D eigenvalue weighted by Crippen LogP contribution is 2.28. The van der Waals surface area contributed by atoms with E-state index in [-0.39, 0.29) is 12.1 Å². The van der Waals surface area contributed by atoms with Crippen molar-refractivity contribution in [3.05, 3.63) is 65.7 Å². The van der Waals surface area contributed by atoms with Gasteiger partial charge in [0.05, 0.1) is 0 Å². The fraction of sp³-hybridized carbons (Fsp3) is 0.481. The van der Waals surface area contributed by atoms with E-state index < -0.39 is 0 Å². The van der Waals surface area contributed by atoms with Crippen molar-refractivity contribution >= 4 is 17.9 Å². The molecule has 170 valence electrons. The van der Waals surface area contributed by atoms with Crippen LogP contribution in [0.1, 0.15) is 49.7 Å². The predicted octanol–water partition coefficient (Wildman–Crippen LogP) is 5.32. The van der Waals surface area contributed by atoms with E-state index in [2.05, 4.69) is 45.9 Å². The number of hydrogen-bond acceptors (Lipinski definition) is 3. The van der Waals surface area contributed by atoms with Crippen molar-refractivity contribution in [2.45, 2.75) is 51.0 Å². The van der Waals surface area contributed by atoms with Gasteiger partial charge in [0.15, 0.2) is 0 Å². The van der Waals surface area contributed by atoms with Gasteiger partial charge in [-0.05, 0) is 73.7 Å². The van der Waals surface area contributed by atoms with Crippen LogP contribution in [0.25, 0.3) is 0 Å². The molecular formula is C27H36N4O. The van der Waals surface area contributed by atoms with Crippen LogP contribution in [0.3, 0.4) is 0 Å². The smallest absolute Gasteiger partial charge is 0.319 e. The Labute approximate surface area is 192 Å². The molecule has 5 heteroatoms. The maximum atomic E-state index is 12.7. The highest BCUT2D eigenvalue weighted by molar-refractivity contribution is 5.90. The SMILES string of the molecule is N=Cc1cccc(NC(=O)N[C@@H]2CCCC[C@H]2CN2CCC[C@@H](Cc3ccccc3)C2)c1. The van der Waals surface area contributed by atoms with Gasteiger partial charge in [-0.15, -0.1) is 0 Å². The van der Waals surface area contributed by atoms with Crippen molar-refractivity contribution in [2.24, 2.45) is 11.8 Å². The molecule has 2 aromatic carbocycles. The summed E-state index contributed by atoms with van der Waals surface area (Å²) in [7, 11) is 0. The van der Waals surface area contributed by atoms with Gasteiger partial charge in [-0.2, -0.15) is 0 Å². The highest BCUT2D eigenvalue weighted by Gasteiger charge is 2.30. The second-order valence-corrected chi connectivity index (χ2v) is 9.48. The summed E-state index contributed by atoms with van der Waals surface area (Å²) in [5.74, 6) is 1.24. The van der Waals surface area contributed by atoms with Crippen molar-refractivity contribution in [3.8, 4) is 0 Å². The molecule has 3 atom stereocenters. The van der Waals surface area contributed by atoms with Crippen LogP contribution < -0.4 is 10.6 Å². The molecule has 1 saturated heterocycles. The van der Waals surface area contributed by atoms with Crippen LogP contribution in [0, 0.1) is 17.2 Å². The summed E-state index contributed by atoms with van der Waals surface area (Å²) >= 11 is 0. The van der Waals surface area contributed by atoms with Gasteiger partial charge in [-0.3, -0.25) is 0 Å². The number of benzene rings is 2. The summed E-state index contributed by atoms with van der Waals surface area (Å²) in [5, 5.41) is 13.6. The molecule has 4 rings (SSSR count). The first-order valence-corrected chi connectivity index (χ1v) is 12.1. The first-order valence-electron chi connectivity index (χ1n) is 12.1. The zero-order valence-corrected chi connectivity index (χ0v) is 18.9. The number of nitrogens with one attached hydrogen (secondary N) is 3. The number of rotatable bonds is 7. The predicted molar refractivity (Wildman–Crippen MR) is 132 cm³/mol. The topological polar surface area (TPSA) is 68.2 Å². The van der Waals surface area contributed by atoms with Crippen LogP contribution in [0.4, 0.5) is 10.5 Å². The molecule has 2 amide bonds. The summed E-state index contributed by atoms with van der Waals surface area (Å²) in [6, 6.07) is 18.4. The van der Waals surface area contributed by atoms with Crippen LogP contribution in [0.15, 0.2) is 54.6 Å². The van der Waals surface area contributed by atoms with Crippen molar-refractivity contribution in [3.63, 3.8) is 0 Å². The molecule has 5 nitrogen and oxygen atoms in total. The minimum Gasteiger partial charge on any atom is -0.335 e. The molecule has 2 aliphatic rings. The van der Waals surface area contributed by atoms with E-state index >= 15 is 0 Å². The van der Waals surface area contributed by atoms with E-state index in [1.165, 1.54) is 63.4 Å². The Morgan fingerprint density at radius 2 is 1.88 bits per heavy atom. The van der Waals surface area contributed by atoms with Crippen LogP contribution >= 0.6 is 0 Å². The molecule has 1 heterocycles. The van der Waals surface area contributed by atoms with E-state index in [1.807, 2.05) is 24.3 Å². The molecule has 0 unspecified atom stereocenters. The molecule has 0 radical (unpaired) electrons. The van der Waals surface area contributed by atoms with Gasteiger partial charge in [0.2, 0.25) is 0 Å². The Morgan fingerprint density at radius 3 is 2.72 bits per heavy atom. The average molecular weight is 433 g/mol. The number of carbonyl (C=O) groups excluding carboxylic acids is 1. The number of likely N-dealkylation sites (tertiary alicyclic amines) is 1. The number of carbonyl (C=O) groups is 1. The summed E-state index contributed by atoms with van der Waals surface area (Å²) < 4.78 is 0. The van der Waals surface area contributed by atoms with Gasteiger partial charge in [0.25, 0.3) is 0 Å². The van der Waals surface area contributed by atoms with E-state index in [0.717, 1.165) is 30.1 Å². The minimum atomic E-state index is -0.135. The summed E-state index contributed by atoms with van der Waals surface area (Å²) in [5.41, 5.74) is 2.96. The largest absolute Gasteiger partial charge is 0.335 e. The van der Waals surface area contributed by atoms with E-state index in [0.29, 0.717) is 5.92 Å². The third-order valence-electron chi connectivity index (χ3n) is 7.00. The summed E-state index contributed by atoms with van der Waals surface area (Å²) in [4.78, 5) is 15.3. The number of amides is 2. The molecule has 0 aromatic heterocycles. The maximum absolute atomic E-state index is 12.7. The molecule has 0 spiro atoms. The summed E-state index contributed by atoms with van der Waals surface area (Å²) in [6.45, 7) is 3.43. The van der Waals surface area contributed by atoms with Gasteiger partial charge >= 0.3 is 6.03 Å². The maximum Gasteiger partial charge on any atom is 0.319 e. The monoisotopic (exact) mass is 432 g/mol. The fourth-order valence-electron chi connectivity index (χ4n) is 5.42. The molecule has 1 aliphatic heterocycles. The first-order chi connectivity index (χ1) is 15.7. The number of nitrogens with zero attached hydrogens (tertiary/aromatic N) is 1. The van der Waals surface area contributed by atoms with Crippen LogP contribution in [0.5, 0.6) is 0 Å². The first kappa shape index (κ1) is 22.5. The van der Waals surface area contributed by atoms with Gasteiger partial charge in [-0.1, -0.05) is 55.3 Å². The van der Waals surface area contributed by atoms with E-state index in [1.54, 1.807) is 0 Å². The van der Waals surface area contributed by atoms with Crippen molar-refractivity contribution in [2.75, 3.05) is 25.0 Å². The van der Waals surface area contributed by atoms with Gasteiger partial charge in [0.1, 0.15) is 0 Å². The molecule has 2 aromatic rings. The van der Waals surface area contributed by atoms with Crippen LogP contribution in [0.2, 0.25) is 0 Å². The normalized spacial score (nSPS) is 23.9. The number of piperidine rings is 1. The van der Waals surface area contributed by atoms with Crippen molar-refractivity contribution < 1.29 is 4.79 Å². The molecule has 3 N–H and O–H groups in total. The molecule has 2 fully saturated rings. The molecule has 1 aliphatic carbocycles. The van der Waals surface area contributed by atoms with Crippen molar-refractivity contribution in [1.82, 2.24) is 10.2 Å². The Kier molecular flexibility index (Phi) is 7.94. The van der Waals surface area contributed by atoms with Gasteiger partial charge in [0, 0.05) is 31.0 Å². The molecule has 32 heavy (non-hydrogen) atoms. The van der Waals surface area contributed by atoms with Crippen molar-refractivity contribution in [1.29, 1.82) is 5.41 Å². The molecule has 0 bridgehead atoms. The Morgan fingerprint density at radius 1 is 1.03 bits per heavy atom. The number of hydrogen-bond donors (Lipinski definition) is 3. The third-order valence-corrected chi connectivity index (χ3v) is 7.00. The Balaban J connectivity index is 1.30. The summed E-state index contributed by atoms with van der Waals surface area (Å²) in [6.07, 6.45) is 9.73. The molecular weight excluding hydrogens is 396 g/mol. The fourth-order valence-corrected chi connectivity index (χ4v) is 5.42.